The molecule has 2 heterocycles. The smallest absolute Gasteiger partial charge is 0.152 e. The predicted molar refractivity (Wildman–Crippen MR) is 82.3 cm³/mol. The lowest BCUT2D eigenvalue weighted by Gasteiger charge is -2.13. The van der Waals surface area contributed by atoms with Crippen LogP contribution in [-0.2, 0) is 0 Å². The highest BCUT2D eigenvalue weighted by Gasteiger charge is 2.21. The van der Waals surface area contributed by atoms with E-state index in [0.717, 1.165) is 15.6 Å². The molecule has 4 nitrogen and oxygen atoms in total. The van der Waals surface area contributed by atoms with E-state index in [9.17, 15) is 0 Å². The molecule has 0 radical (unpaired) electrons. The van der Waals surface area contributed by atoms with Crippen LogP contribution in [0.15, 0.2) is 51.5 Å². The number of nitrogens with zero attached hydrogens (tertiary/aromatic N) is 1. The third-order valence-corrected chi connectivity index (χ3v) is 3.99. The molecular weight excluding hydrogens is 342 g/mol. The van der Waals surface area contributed by atoms with E-state index < -0.39 is 0 Å². The van der Waals surface area contributed by atoms with Crippen LogP contribution in [0.5, 0.6) is 0 Å². The van der Waals surface area contributed by atoms with E-state index in [1.165, 1.54) is 0 Å². The molecule has 0 amide bonds. The second-order valence-electron chi connectivity index (χ2n) is 4.28. The zero-order valence-electron chi connectivity index (χ0n) is 10.3. The Morgan fingerprint density at radius 2 is 2.15 bits per heavy atom. The Balaban J connectivity index is 2.12. The molecule has 0 aliphatic heterocycles. The summed E-state index contributed by atoms with van der Waals surface area (Å²) in [5.74, 6) is 6.32. The van der Waals surface area contributed by atoms with Crippen LogP contribution in [0, 0.1) is 0 Å². The van der Waals surface area contributed by atoms with Gasteiger partial charge in [0.05, 0.1) is 10.7 Å². The Hall–Kier alpha value is -1.40. The third-order valence-electron chi connectivity index (χ3n) is 3.03. The molecule has 102 valence electrons. The average Bonchev–Trinajstić information content (AvgIpc) is 2.87. The number of halogens is 2. The predicted octanol–water partition coefficient (Wildman–Crippen LogP) is 3.80. The summed E-state index contributed by atoms with van der Waals surface area (Å²) < 4.78 is 6.68. The van der Waals surface area contributed by atoms with Crippen molar-refractivity contribution in [2.45, 2.75) is 6.04 Å². The average molecular weight is 353 g/mol. The van der Waals surface area contributed by atoms with Crippen LogP contribution in [0.25, 0.3) is 11.0 Å². The SMILES string of the molecule is NNC(c1cc2cccc(Cl)c2o1)c1ncccc1Br. The number of hydrazine groups is 1. The minimum atomic E-state index is -0.353. The molecule has 0 saturated carbocycles. The molecule has 0 aliphatic rings. The van der Waals surface area contributed by atoms with Crippen LogP contribution < -0.4 is 11.3 Å². The van der Waals surface area contributed by atoms with Gasteiger partial charge in [-0.15, -0.1) is 0 Å². The maximum absolute atomic E-state index is 6.13. The highest BCUT2D eigenvalue weighted by molar-refractivity contribution is 9.10. The Morgan fingerprint density at radius 3 is 2.85 bits per heavy atom. The molecule has 0 saturated heterocycles. The highest BCUT2D eigenvalue weighted by Crippen LogP contribution is 2.33. The van der Waals surface area contributed by atoms with Gasteiger partial charge in [-0.1, -0.05) is 23.7 Å². The topological polar surface area (TPSA) is 64.1 Å². The quantitative estimate of drug-likeness (QED) is 0.556. The second kappa shape index (κ2) is 5.54. The van der Waals surface area contributed by atoms with Crippen molar-refractivity contribution < 1.29 is 4.42 Å². The minimum absolute atomic E-state index is 0.353. The van der Waals surface area contributed by atoms with Crippen LogP contribution in [0.4, 0.5) is 0 Å². The van der Waals surface area contributed by atoms with E-state index in [-0.39, 0.29) is 6.04 Å². The monoisotopic (exact) mass is 351 g/mol. The van der Waals surface area contributed by atoms with Gasteiger partial charge in [-0.2, -0.15) is 0 Å². The zero-order valence-corrected chi connectivity index (χ0v) is 12.6. The van der Waals surface area contributed by atoms with Crippen molar-refractivity contribution >= 4 is 38.5 Å². The fourth-order valence-electron chi connectivity index (χ4n) is 2.10. The van der Waals surface area contributed by atoms with Crippen LogP contribution in [-0.4, -0.2) is 4.98 Å². The van der Waals surface area contributed by atoms with Gasteiger partial charge in [-0.3, -0.25) is 10.8 Å². The Bertz CT molecular complexity index is 759. The maximum Gasteiger partial charge on any atom is 0.152 e. The first-order chi connectivity index (χ1) is 9.70. The van der Waals surface area contributed by atoms with Crippen LogP contribution >= 0.6 is 27.5 Å². The molecule has 2 aromatic heterocycles. The number of rotatable bonds is 3. The second-order valence-corrected chi connectivity index (χ2v) is 5.54. The molecule has 1 aromatic carbocycles. The normalized spacial score (nSPS) is 12.8. The van der Waals surface area contributed by atoms with Crippen molar-refractivity contribution in [1.82, 2.24) is 10.4 Å². The standard InChI is InChI=1S/C14H11BrClN3O/c15-9-4-2-6-18-12(9)13(19-17)11-7-8-3-1-5-10(16)14(8)20-11/h1-7,13,19H,17H2. The molecule has 0 spiro atoms. The lowest BCUT2D eigenvalue weighted by atomic mass is 10.1. The first kappa shape index (κ1) is 13.6. The molecule has 0 fully saturated rings. The first-order valence-electron chi connectivity index (χ1n) is 5.95. The van der Waals surface area contributed by atoms with Crippen molar-refractivity contribution in [3.05, 3.63) is 63.5 Å². The van der Waals surface area contributed by atoms with Gasteiger partial charge in [0.15, 0.2) is 5.58 Å². The number of nitrogens with one attached hydrogen (secondary N) is 1. The fraction of sp³-hybridized carbons (Fsp3) is 0.0714. The summed E-state index contributed by atoms with van der Waals surface area (Å²) in [4.78, 5) is 4.34. The van der Waals surface area contributed by atoms with E-state index in [1.807, 2.05) is 30.3 Å². The molecule has 0 aliphatic carbocycles. The van der Waals surface area contributed by atoms with Crippen LogP contribution in [0.3, 0.4) is 0 Å². The number of nitrogens with two attached hydrogens (primary N) is 1. The third kappa shape index (κ3) is 2.33. The zero-order chi connectivity index (χ0) is 14.1. The van der Waals surface area contributed by atoms with Gasteiger partial charge in [0.25, 0.3) is 0 Å². The van der Waals surface area contributed by atoms with Gasteiger partial charge in [-0.25, -0.2) is 5.43 Å². The number of para-hydroxylation sites is 1. The van der Waals surface area contributed by atoms with Crippen molar-refractivity contribution in [1.29, 1.82) is 0 Å². The summed E-state index contributed by atoms with van der Waals surface area (Å²) in [6.45, 7) is 0. The largest absolute Gasteiger partial charge is 0.457 e. The van der Waals surface area contributed by atoms with Gasteiger partial charge in [0.2, 0.25) is 0 Å². The molecule has 3 rings (SSSR count). The van der Waals surface area contributed by atoms with Crippen molar-refractivity contribution in [2.24, 2.45) is 5.84 Å². The van der Waals surface area contributed by atoms with Crippen LogP contribution in [0.1, 0.15) is 17.5 Å². The van der Waals surface area contributed by atoms with Gasteiger partial charge >= 0.3 is 0 Å². The van der Waals surface area contributed by atoms with Crippen molar-refractivity contribution in [3.8, 4) is 0 Å². The molecule has 20 heavy (non-hydrogen) atoms. The number of hydrogen-bond acceptors (Lipinski definition) is 4. The summed E-state index contributed by atoms with van der Waals surface area (Å²) in [5, 5.41) is 1.50. The number of pyridine rings is 1. The molecule has 1 atom stereocenters. The van der Waals surface area contributed by atoms with E-state index in [2.05, 4.69) is 26.3 Å². The number of fused-ring (bicyclic) bond motifs is 1. The Labute approximate surface area is 129 Å². The maximum atomic E-state index is 6.13. The molecule has 3 aromatic rings. The van der Waals surface area contributed by atoms with Crippen LogP contribution in [0.2, 0.25) is 5.02 Å². The van der Waals surface area contributed by atoms with Gasteiger partial charge in [-0.05, 0) is 40.2 Å². The van der Waals surface area contributed by atoms with Gasteiger partial charge in [0.1, 0.15) is 11.8 Å². The molecule has 0 bridgehead atoms. The van der Waals surface area contributed by atoms with Crippen molar-refractivity contribution in [2.75, 3.05) is 0 Å². The summed E-state index contributed by atoms with van der Waals surface area (Å²) in [6, 6.07) is 10.9. The summed E-state index contributed by atoms with van der Waals surface area (Å²) in [7, 11) is 0. The summed E-state index contributed by atoms with van der Waals surface area (Å²) in [6.07, 6.45) is 1.71. The summed E-state index contributed by atoms with van der Waals surface area (Å²) in [5.41, 5.74) is 4.13. The lowest BCUT2D eigenvalue weighted by Crippen LogP contribution is -2.29. The first-order valence-corrected chi connectivity index (χ1v) is 7.12. The number of aromatic nitrogens is 1. The van der Waals surface area contributed by atoms with Gasteiger partial charge < -0.3 is 4.42 Å². The molecule has 1 unspecified atom stereocenters. The highest BCUT2D eigenvalue weighted by atomic mass is 79.9. The van der Waals surface area contributed by atoms with E-state index in [0.29, 0.717) is 16.4 Å². The molecular formula is C14H11BrClN3O. The molecule has 6 heteroatoms. The van der Waals surface area contributed by atoms with E-state index >= 15 is 0 Å². The fourth-order valence-corrected chi connectivity index (χ4v) is 2.80. The van der Waals surface area contributed by atoms with Gasteiger partial charge in [0, 0.05) is 16.1 Å². The minimum Gasteiger partial charge on any atom is -0.457 e. The number of furan rings is 1. The van der Waals surface area contributed by atoms with E-state index in [1.54, 1.807) is 12.3 Å². The number of hydrogen-bond donors (Lipinski definition) is 2. The number of benzene rings is 1. The lowest BCUT2D eigenvalue weighted by molar-refractivity contribution is 0.470. The Morgan fingerprint density at radius 1 is 1.30 bits per heavy atom. The Kier molecular flexibility index (Phi) is 3.76. The van der Waals surface area contributed by atoms with E-state index in [4.69, 9.17) is 21.9 Å². The summed E-state index contributed by atoms with van der Waals surface area (Å²) >= 11 is 9.59. The molecule has 3 N–H and O–H groups in total. The van der Waals surface area contributed by atoms with Crippen molar-refractivity contribution in [3.63, 3.8) is 0 Å².